The Hall–Kier alpha value is -2.34. The van der Waals surface area contributed by atoms with E-state index >= 15 is 0 Å². The van der Waals surface area contributed by atoms with Crippen LogP contribution in [0.1, 0.15) is 12.8 Å². The molecular formula is C21H21ClN2O4. The minimum absolute atomic E-state index is 0.0439. The minimum atomic E-state index is -0.292. The van der Waals surface area contributed by atoms with Gasteiger partial charge in [0.05, 0.1) is 24.6 Å². The maximum absolute atomic E-state index is 12.9. The maximum atomic E-state index is 12.9. The van der Waals surface area contributed by atoms with Gasteiger partial charge in [0, 0.05) is 18.0 Å². The number of allylic oxidation sites excluding steroid dienone is 2. The van der Waals surface area contributed by atoms with Crippen LogP contribution >= 0.6 is 11.6 Å². The fraction of sp³-hybridized carbons (Fsp3) is 0.476. The first-order valence-electron chi connectivity index (χ1n) is 9.66. The number of halogens is 1. The van der Waals surface area contributed by atoms with E-state index in [9.17, 15) is 14.4 Å². The van der Waals surface area contributed by atoms with Crippen molar-refractivity contribution in [2.24, 2.45) is 35.5 Å². The van der Waals surface area contributed by atoms with Crippen LogP contribution in [0.3, 0.4) is 0 Å². The first kappa shape index (κ1) is 17.7. The normalized spacial score (nSPS) is 34.3. The Balaban J connectivity index is 1.25. The number of benzene rings is 1. The molecule has 2 bridgehead atoms. The van der Waals surface area contributed by atoms with Crippen molar-refractivity contribution in [2.45, 2.75) is 12.8 Å². The highest BCUT2D eigenvalue weighted by molar-refractivity contribution is 6.31. The smallest absolute Gasteiger partial charge is 0.233 e. The summed E-state index contributed by atoms with van der Waals surface area (Å²) in [6.45, 7) is 0.105. The zero-order chi connectivity index (χ0) is 19.6. The molecule has 1 aromatic rings. The number of carbonyl (C=O) groups excluding carboxylic acids is 3. The second-order valence-electron chi connectivity index (χ2n) is 8.13. The van der Waals surface area contributed by atoms with Crippen molar-refractivity contribution in [3.05, 3.63) is 35.4 Å². The van der Waals surface area contributed by atoms with Crippen molar-refractivity contribution in [1.82, 2.24) is 4.90 Å². The summed E-state index contributed by atoms with van der Waals surface area (Å²) in [6, 6.07) is 4.95. The predicted molar refractivity (Wildman–Crippen MR) is 103 cm³/mol. The van der Waals surface area contributed by atoms with Gasteiger partial charge in [-0.3, -0.25) is 19.3 Å². The number of nitrogens with zero attached hydrogens (tertiary/aromatic N) is 1. The summed E-state index contributed by atoms with van der Waals surface area (Å²) in [5.74, 6) is 1.11. The van der Waals surface area contributed by atoms with Crippen LogP contribution in [0.2, 0.25) is 5.02 Å². The lowest BCUT2D eigenvalue weighted by atomic mass is 9.63. The van der Waals surface area contributed by atoms with Gasteiger partial charge in [-0.25, -0.2) is 0 Å². The molecule has 0 radical (unpaired) electrons. The zero-order valence-electron chi connectivity index (χ0n) is 15.4. The number of hydrogen-bond donors (Lipinski definition) is 1. The van der Waals surface area contributed by atoms with Gasteiger partial charge in [0.25, 0.3) is 0 Å². The summed E-state index contributed by atoms with van der Waals surface area (Å²) < 4.78 is 5.22. The summed E-state index contributed by atoms with van der Waals surface area (Å²) >= 11 is 5.98. The molecule has 6 nitrogen and oxygen atoms in total. The average molecular weight is 401 g/mol. The molecular weight excluding hydrogens is 380 g/mol. The molecule has 1 aromatic carbocycles. The van der Waals surface area contributed by atoms with Crippen molar-refractivity contribution in [2.75, 3.05) is 19.0 Å². The molecule has 6 rings (SSSR count). The van der Waals surface area contributed by atoms with E-state index in [1.807, 2.05) is 0 Å². The third kappa shape index (κ3) is 2.58. The first-order valence-corrected chi connectivity index (χ1v) is 10.0. The highest BCUT2D eigenvalue weighted by atomic mass is 35.5. The van der Waals surface area contributed by atoms with E-state index in [2.05, 4.69) is 17.5 Å². The van der Waals surface area contributed by atoms with Gasteiger partial charge >= 0.3 is 0 Å². The van der Waals surface area contributed by atoms with Crippen LogP contribution in [0.15, 0.2) is 30.4 Å². The van der Waals surface area contributed by atoms with Crippen LogP contribution in [0.4, 0.5) is 5.69 Å². The van der Waals surface area contributed by atoms with Crippen molar-refractivity contribution in [3.63, 3.8) is 0 Å². The van der Waals surface area contributed by atoms with Gasteiger partial charge in [0.2, 0.25) is 17.7 Å². The molecule has 7 heteroatoms. The highest BCUT2D eigenvalue weighted by Gasteiger charge is 2.66. The topological polar surface area (TPSA) is 75.7 Å². The molecule has 3 amide bonds. The predicted octanol–water partition coefficient (Wildman–Crippen LogP) is 2.73. The number of ether oxygens (including phenoxy) is 1. The van der Waals surface area contributed by atoms with Gasteiger partial charge < -0.3 is 10.1 Å². The standard InChI is InChI=1S/C21H21ClN2O4/c1-28-16-5-2-10(22)8-15(16)23-17(25)6-7-24-20(26)18-11-3-4-12(14-9-13(11)14)19(18)21(24)27/h2-5,8,11-14,18-19H,6-7,9H2,1H3,(H,23,25)/t11-,12-,13-,14+,18+,19-/m1/s1. The Kier molecular flexibility index (Phi) is 4.02. The van der Waals surface area contributed by atoms with E-state index in [0.29, 0.717) is 28.3 Å². The number of likely N-dealkylation sites (tertiary alicyclic amines) is 1. The van der Waals surface area contributed by atoms with Crippen molar-refractivity contribution >= 4 is 35.0 Å². The molecule has 1 aliphatic heterocycles. The van der Waals surface area contributed by atoms with Crippen LogP contribution in [0, 0.1) is 35.5 Å². The molecule has 0 unspecified atom stereocenters. The Morgan fingerprint density at radius 3 is 2.43 bits per heavy atom. The summed E-state index contributed by atoms with van der Waals surface area (Å²) in [7, 11) is 1.51. The van der Waals surface area contributed by atoms with Gasteiger partial charge in [0.15, 0.2) is 0 Å². The Bertz CT molecular complexity index is 878. The number of anilines is 1. The van der Waals surface area contributed by atoms with Crippen LogP contribution in [0.25, 0.3) is 0 Å². The molecule has 0 spiro atoms. The van der Waals surface area contributed by atoms with E-state index < -0.39 is 0 Å². The number of hydrogen-bond acceptors (Lipinski definition) is 4. The highest BCUT2D eigenvalue weighted by Crippen LogP contribution is 2.65. The van der Waals surface area contributed by atoms with Crippen LogP contribution in [-0.2, 0) is 14.4 Å². The van der Waals surface area contributed by atoms with Gasteiger partial charge in [-0.1, -0.05) is 23.8 Å². The first-order chi connectivity index (χ1) is 13.5. The molecule has 5 aliphatic rings. The second-order valence-corrected chi connectivity index (χ2v) is 8.56. The number of nitrogens with one attached hydrogen (secondary N) is 1. The lowest BCUT2D eigenvalue weighted by Gasteiger charge is -2.37. The third-order valence-electron chi connectivity index (χ3n) is 6.75. The van der Waals surface area contributed by atoms with Gasteiger partial charge in [0.1, 0.15) is 5.75 Å². The number of carbonyl (C=O) groups is 3. The molecule has 1 N–H and O–H groups in total. The van der Waals surface area contributed by atoms with Crippen LogP contribution in [0.5, 0.6) is 5.75 Å². The Morgan fingerprint density at radius 2 is 1.82 bits per heavy atom. The fourth-order valence-corrected chi connectivity index (χ4v) is 5.62. The number of imide groups is 1. The van der Waals surface area contributed by atoms with Crippen molar-refractivity contribution in [1.29, 1.82) is 0 Å². The number of rotatable bonds is 5. The van der Waals surface area contributed by atoms with Gasteiger partial charge in [-0.15, -0.1) is 0 Å². The minimum Gasteiger partial charge on any atom is -0.495 e. The molecule has 1 saturated heterocycles. The third-order valence-corrected chi connectivity index (χ3v) is 6.99. The molecule has 3 fully saturated rings. The summed E-state index contributed by atoms with van der Waals surface area (Å²) in [5, 5.41) is 3.23. The zero-order valence-corrected chi connectivity index (χ0v) is 16.2. The van der Waals surface area contributed by atoms with Crippen LogP contribution < -0.4 is 10.1 Å². The van der Waals surface area contributed by atoms with Crippen molar-refractivity contribution in [3.8, 4) is 5.75 Å². The maximum Gasteiger partial charge on any atom is 0.233 e. The number of amides is 3. The van der Waals surface area contributed by atoms with Crippen molar-refractivity contribution < 1.29 is 19.1 Å². The largest absolute Gasteiger partial charge is 0.495 e. The van der Waals surface area contributed by atoms with Gasteiger partial charge in [-0.2, -0.15) is 0 Å². The lowest BCUT2D eigenvalue weighted by molar-refractivity contribution is -0.140. The van der Waals surface area contributed by atoms with E-state index in [1.54, 1.807) is 18.2 Å². The summed E-state index contributed by atoms with van der Waals surface area (Å²) in [5.41, 5.74) is 0.468. The Labute approximate surface area is 167 Å². The number of methoxy groups -OCH3 is 1. The Morgan fingerprint density at radius 1 is 1.18 bits per heavy atom. The monoisotopic (exact) mass is 400 g/mol. The average Bonchev–Trinajstić information content (AvgIpc) is 3.46. The molecule has 1 heterocycles. The molecule has 6 atom stereocenters. The summed E-state index contributed by atoms with van der Waals surface area (Å²) in [4.78, 5) is 39.6. The molecule has 0 aromatic heterocycles. The van der Waals surface area contributed by atoms with E-state index in [4.69, 9.17) is 16.3 Å². The van der Waals surface area contributed by atoms with Gasteiger partial charge in [-0.05, 0) is 48.3 Å². The second kappa shape index (κ2) is 6.34. The molecule has 4 aliphatic carbocycles. The quantitative estimate of drug-likeness (QED) is 0.609. The lowest BCUT2D eigenvalue weighted by Crippen LogP contribution is -2.40. The molecule has 146 valence electrons. The summed E-state index contributed by atoms with van der Waals surface area (Å²) in [6.07, 6.45) is 5.47. The van der Waals surface area contributed by atoms with E-state index in [1.165, 1.54) is 12.0 Å². The fourth-order valence-electron chi connectivity index (χ4n) is 5.44. The van der Waals surface area contributed by atoms with E-state index in [-0.39, 0.29) is 54.4 Å². The SMILES string of the molecule is COc1ccc(Cl)cc1NC(=O)CCN1C(=O)[C@@H]2[C@@H]3C=C[C@H]([C@H]4C[C@@H]34)[C@@H]2C1=O. The van der Waals surface area contributed by atoms with E-state index in [0.717, 1.165) is 6.42 Å². The molecule has 28 heavy (non-hydrogen) atoms. The molecule has 2 saturated carbocycles. The van der Waals surface area contributed by atoms with Crippen LogP contribution in [-0.4, -0.2) is 36.3 Å².